The summed E-state index contributed by atoms with van der Waals surface area (Å²) < 4.78 is 1.75. The number of rotatable bonds is 8. The molecule has 1 aromatic heterocycles. The first-order valence-electron chi connectivity index (χ1n) is 8.87. The number of Topliss-reactive ketones (excluding diaryl/α,β-unsaturated/α-hetero) is 1. The van der Waals surface area contributed by atoms with E-state index in [4.69, 9.17) is 0 Å². The van der Waals surface area contributed by atoms with Crippen molar-refractivity contribution in [3.63, 3.8) is 0 Å². The predicted molar refractivity (Wildman–Crippen MR) is 102 cm³/mol. The molecule has 6 nitrogen and oxygen atoms in total. The average molecular weight is 362 g/mol. The van der Waals surface area contributed by atoms with Gasteiger partial charge in [0.05, 0.1) is 6.54 Å². The molecular formula is C21H22N4O2. The highest BCUT2D eigenvalue weighted by atomic mass is 16.2. The molecule has 6 heteroatoms. The van der Waals surface area contributed by atoms with Gasteiger partial charge in [-0.3, -0.25) is 9.59 Å². The number of hydrogen-bond acceptors (Lipinski definition) is 4. The van der Waals surface area contributed by atoms with E-state index in [-0.39, 0.29) is 24.5 Å². The SMILES string of the molecule is Cc1ccc(C(=O)CCC(=O)NCc2ccc(Cn3cncn3)cc2)cc1. The number of nitrogens with zero attached hydrogens (tertiary/aromatic N) is 3. The van der Waals surface area contributed by atoms with Crippen LogP contribution < -0.4 is 5.32 Å². The first-order chi connectivity index (χ1) is 13.1. The number of ketones is 1. The van der Waals surface area contributed by atoms with Gasteiger partial charge in [-0.05, 0) is 18.1 Å². The van der Waals surface area contributed by atoms with Crippen LogP contribution >= 0.6 is 0 Å². The van der Waals surface area contributed by atoms with Crippen molar-refractivity contribution in [2.75, 3.05) is 0 Å². The summed E-state index contributed by atoms with van der Waals surface area (Å²) >= 11 is 0. The van der Waals surface area contributed by atoms with Crippen molar-refractivity contribution in [3.05, 3.63) is 83.4 Å². The molecular weight excluding hydrogens is 340 g/mol. The van der Waals surface area contributed by atoms with Crippen LogP contribution in [-0.2, 0) is 17.9 Å². The minimum atomic E-state index is -0.123. The molecule has 3 rings (SSSR count). The molecule has 2 aromatic carbocycles. The molecule has 138 valence electrons. The third kappa shape index (κ3) is 5.60. The van der Waals surface area contributed by atoms with E-state index in [0.29, 0.717) is 18.7 Å². The lowest BCUT2D eigenvalue weighted by molar-refractivity contribution is -0.121. The van der Waals surface area contributed by atoms with Gasteiger partial charge >= 0.3 is 0 Å². The van der Waals surface area contributed by atoms with Crippen LogP contribution in [0.1, 0.15) is 39.9 Å². The molecule has 0 bridgehead atoms. The molecule has 0 saturated heterocycles. The number of carbonyl (C=O) groups excluding carboxylic acids is 2. The Hall–Kier alpha value is -3.28. The number of amides is 1. The van der Waals surface area contributed by atoms with Crippen LogP contribution in [0.15, 0.2) is 61.2 Å². The van der Waals surface area contributed by atoms with Crippen LogP contribution in [0.2, 0.25) is 0 Å². The Bertz CT molecular complexity index is 885. The third-order valence-corrected chi connectivity index (χ3v) is 4.28. The van der Waals surface area contributed by atoms with Crippen LogP contribution in [-0.4, -0.2) is 26.5 Å². The Labute approximate surface area is 158 Å². The Balaban J connectivity index is 1.42. The normalized spacial score (nSPS) is 10.6. The van der Waals surface area contributed by atoms with Gasteiger partial charge in [0, 0.05) is 24.9 Å². The van der Waals surface area contributed by atoms with E-state index in [1.807, 2.05) is 43.3 Å². The molecule has 0 spiro atoms. The Morgan fingerprint density at radius 2 is 1.67 bits per heavy atom. The number of hydrogen-bond donors (Lipinski definition) is 1. The second kappa shape index (κ2) is 8.89. The van der Waals surface area contributed by atoms with Crippen molar-refractivity contribution in [3.8, 4) is 0 Å². The molecule has 0 aliphatic heterocycles. The van der Waals surface area contributed by atoms with Crippen molar-refractivity contribution in [2.24, 2.45) is 0 Å². The fourth-order valence-corrected chi connectivity index (χ4v) is 2.66. The number of aryl methyl sites for hydroxylation is 1. The van der Waals surface area contributed by atoms with E-state index in [1.54, 1.807) is 23.1 Å². The van der Waals surface area contributed by atoms with Gasteiger partial charge < -0.3 is 5.32 Å². The Morgan fingerprint density at radius 3 is 2.33 bits per heavy atom. The molecule has 0 aliphatic carbocycles. The highest BCUT2D eigenvalue weighted by molar-refractivity contribution is 5.97. The number of aromatic nitrogens is 3. The second-order valence-corrected chi connectivity index (χ2v) is 6.48. The topological polar surface area (TPSA) is 76.9 Å². The zero-order valence-electron chi connectivity index (χ0n) is 15.3. The maximum absolute atomic E-state index is 12.1. The van der Waals surface area contributed by atoms with Gasteiger partial charge in [0.2, 0.25) is 5.91 Å². The van der Waals surface area contributed by atoms with E-state index in [9.17, 15) is 9.59 Å². The lowest BCUT2D eigenvalue weighted by Gasteiger charge is -2.07. The van der Waals surface area contributed by atoms with Crippen LogP contribution in [0.5, 0.6) is 0 Å². The average Bonchev–Trinajstić information content (AvgIpc) is 3.19. The van der Waals surface area contributed by atoms with Gasteiger partial charge in [-0.1, -0.05) is 54.1 Å². The summed E-state index contributed by atoms with van der Waals surface area (Å²) in [5, 5.41) is 6.94. The zero-order valence-corrected chi connectivity index (χ0v) is 15.3. The molecule has 1 N–H and O–H groups in total. The van der Waals surface area contributed by atoms with Crippen LogP contribution in [0.25, 0.3) is 0 Å². The van der Waals surface area contributed by atoms with Gasteiger partial charge in [-0.15, -0.1) is 0 Å². The van der Waals surface area contributed by atoms with Crippen molar-refractivity contribution in [2.45, 2.75) is 32.9 Å². The van der Waals surface area contributed by atoms with E-state index >= 15 is 0 Å². The number of nitrogens with one attached hydrogen (secondary N) is 1. The summed E-state index contributed by atoms with van der Waals surface area (Å²) in [6.45, 7) is 3.08. The summed E-state index contributed by atoms with van der Waals surface area (Å²) in [6, 6.07) is 15.4. The van der Waals surface area contributed by atoms with Gasteiger partial charge in [0.25, 0.3) is 0 Å². The number of carbonyl (C=O) groups is 2. The largest absolute Gasteiger partial charge is 0.352 e. The molecule has 0 radical (unpaired) electrons. The highest BCUT2D eigenvalue weighted by Crippen LogP contribution is 2.09. The Kier molecular flexibility index (Phi) is 6.10. The predicted octanol–water partition coefficient (Wildman–Crippen LogP) is 2.91. The molecule has 27 heavy (non-hydrogen) atoms. The van der Waals surface area contributed by atoms with Gasteiger partial charge in [0.15, 0.2) is 5.78 Å². The standard InChI is InChI=1S/C21H22N4O2/c1-16-2-8-19(9-3-16)20(26)10-11-21(27)23-12-17-4-6-18(7-5-17)13-25-15-22-14-24-25/h2-9,14-15H,10-13H2,1H3,(H,23,27). The molecule has 0 fully saturated rings. The molecule has 0 atom stereocenters. The van der Waals surface area contributed by atoms with E-state index in [2.05, 4.69) is 15.4 Å². The van der Waals surface area contributed by atoms with E-state index in [1.165, 1.54) is 6.33 Å². The second-order valence-electron chi connectivity index (χ2n) is 6.48. The fraction of sp³-hybridized carbons (Fsp3) is 0.238. The maximum atomic E-state index is 12.1. The molecule has 1 amide bonds. The van der Waals surface area contributed by atoms with Crippen molar-refractivity contribution in [1.82, 2.24) is 20.1 Å². The summed E-state index contributed by atoms with van der Waals surface area (Å²) in [5.74, 6) is -0.134. The molecule has 0 saturated carbocycles. The third-order valence-electron chi connectivity index (χ3n) is 4.28. The minimum absolute atomic E-state index is 0.0115. The lowest BCUT2D eigenvalue weighted by atomic mass is 10.0. The van der Waals surface area contributed by atoms with Gasteiger partial charge in [-0.2, -0.15) is 5.10 Å². The summed E-state index contributed by atoms with van der Waals surface area (Å²) in [6.07, 6.45) is 3.59. The van der Waals surface area contributed by atoms with E-state index in [0.717, 1.165) is 16.7 Å². The molecule has 0 unspecified atom stereocenters. The molecule has 3 aromatic rings. The number of benzene rings is 2. The molecule has 0 aliphatic rings. The van der Waals surface area contributed by atoms with Crippen molar-refractivity contribution >= 4 is 11.7 Å². The summed E-state index contributed by atoms with van der Waals surface area (Å²) in [4.78, 5) is 28.0. The van der Waals surface area contributed by atoms with E-state index < -0.39 is 0 Å². The Morgan fingerprint density at radius 1 is 0.963 bits per heavy atom. The first-order valence-corrected chi connectivity index (χ1v) is 8.87. The lowest BCUT2D eigenvalue weighted by Crippen LogP contribution is -2.23. The van der Waals surface area contributed by atoms with Gasteiger partial charge in [0.1, 0.15) is 12.7 Å². The fourth-order valence-electron chi connectivity index (χ4n) is 2.66. The minimum Gasteiger partial charge on any atom is -0.352 e. The van der Waals surface area contributed by atoms with Gasteiger partial charge in [-0.25, -0.2) is 9.67 Å². The quantitative estimate of drug-likeness (QED) is 0.625. The van der Waals surface area contributed by atoms with Crippen molar-refractivity contribution in [1.29, 1.82) is 0 Å². The summed E-state index contributed by atoms with van der Waals surface area (Å²) in [7, 11) is 0. The summed E-state index contributed by atoms with van der Waals surface area (Å²) in [5.41, 5.74) is 3.88. The van der Waals surface area contributed by atoms with Crippen LogP contribution in [0, 0.1) is 6.92 Å². The smallest absolute Gasteiger partial charge is 0.220 e. The zero-order chi connectivity index (χ0) is 19.1. The maximum Gasteiger partial charge on any atom is 0.220 e. The van der Waals surface area contributed by atoms with Crippen molar-refractivity contribution < 1.29 is 9.59 Å². The monoisotopic (exact) mass is 362 g/mol. The first kappa shape index (κ1) is 18.5. The van der Waals surface area contributed by atoms with Crippen LogP contribution in [0.4, 0.5) is 0 Å². The highest BCUT2D eigenvalue weighted by Gasteiger charge is 2.09. The molecule has 1 heterocycles. The van der Waals surface area contributed by atoms with Crippen LogP contribution in [0.3, 0.4) is 0 Å².